The molecule has 34 heavy (non-hydrogen) atoms. The molecule has 6 rings (SSSR count). The number of fused-ring (bicyclic) bond motifs is 5. The fraction of sp³-hybridized carbons (Fsp3) is 0.238. The summed E-state index contributed by atoms with van der Waals surface area (Å²) in [4.78, 5) is 43.1. The molecule has 3 aromatic heterocycles. The van der Waals surface area contributed by atoms with Gasteiger partial charge in [0.05, 0.1) is 42.2 Å². The van der Waals surface area contributed by atoms with Crippen LogP contribution >= 0.6 is 22.9 Å². The first-order chi connectivity index (χ1) is 16.6. The standard InChI is InChI=1S/C21H17ClN8O3S/c22-21-26-5-10(19(31)27-9-7-33-8-9)18(30-21)29-13-6-25-15-11(28-13)1-2-12-14(15)16-17(34-12)20(32)24-4-3-23-16/h1-2,5-6,9,23H,3-4,7-8H2,(H,24,32)(H,27,31)(H,26,28,29,30). The normalized spacial score (nSPS) is 15.7. The van der Waals surface area contributed by atoms with E-state index in [9.17, 15) is 9.59 Å². The lowest BCUT2D eigenvalue weighted by Crippen LogP contribution is -2.48. The molecule has 0 radical (unpaired) electrons. The molecule has 2 aliphatic rings. The van der Waals surface area contributed by atoms with Crippen LogP contribution in [0.2, 0.25) is 5.28 Å². The van der Waals surface area contributed by atoms with Gasteiger partial charge in [0, 0.05) is 29.4 Å². The molecule has 172 valence electrons. The molecular formula is C21H17ClN8O3S. The summed E-state index contributed by atoms with van der Waals surface area (Å²) in [5.41, 5.74) is 2.30. The lowest BCUT2D eigenvalue weighted by molar-refractivity contribution is -0.00346. The van der Waals surface area contributed by atoms with Gasteiger partial charge in [0.15, 0.2) is 5.82 Å². The molecule has 0 atom stereocenters. The second kappa shape index (κ2) is 8.31. The summed E-state index contributed by atoms with van der Waals surface area (Å²) >= 11 is 7.40. The summed E-state index contributed by atoms with van der Waals surface area (Å²) in [6.45, 7) is 2.12. The van der Waals surface area contributed by atoms with Crippen LogP contribution in [-0.4, -0.2) is 64.1 Å². The van der Waals surface area contributed by atoms with Crippen LogP contribution in [0.1, 0.15) is 20.0 Å². The van der Waals surface area contributed by atoms with Gasteiger partial charge in [-0.3, -0.25) is 9.59 Å². The van der Waals surface area contributed by atoms with Gasteiger partial charge < -0.3 is 26.0 Å². The third-order valence-corrected chi connectivity index (χ3v) is 6.84. The van der Waals surface area contributed by atoms with Crippen molar-refractivity contribution in [3.8, 4) is 0 Å². The van der Waals surface area contributed by atoms with Gasteiger partial charge in [0.1, 0.15) is 16.3 Å². The molecule has 1 aromatic carbocycles. The molecule has 11 nitrogen and oxygen atoms in total. The highest BCUT2D eigenvalue weighted by Crippen LogP contribution is 2.40. The summed E-state index contributed by atoms with van der Waals surface area (Å²) in [7, 11) is 0. The fourth-order valence-electron chi connectivity index (χ4n) is 3.83. The molecule has 2 amide bonds. The highest BCUT2D eigenvalue weighted by Gasteiger charge is 2.25. The number of carbonyl (C=O) groups excluding carboxylic acids is 2. The van der Waals surface area contributed by atoms with E-state index in [2.05, 4.69) is 41.2 Å². The number of hydrogen-bond acceptors (Lipinski definition) is 10. The zero-order chi connectivity index (χ0) is 23.2. The molecular weight excluding hydrogens is 480 g/mol. The van der Waals surface area contributed by atoms with E-state index in [4.69, 9.17) is 16.3 Å². The molecule has 0 bridgehead atoms. The van der Waals surface area contributed by atoms with Crippen molar-refractivity contribution in [3.05, 3.63) is 40.3 Å². The number of thiophene rings is 1. The predicted octanol–water partition coefficient (Wildman–Crippen LogP) is 2.32. The molecule has 13 heteroatoms. The number of ether oxygens (including phenoxy) is 1. The molecule has 4 N–H and O–H groups in total. The van der Waals surface area contributed by atoms with Crippen LogP contribution in [-0.2, 0) is 4.74 Å². The Morgan fingerprint density at radius 2 is 2.00 bits per heavy atom. The minimum Gasteiger partial charge on any atom is -0.381 e. The topological polar surface area (TPSA) is 143 Å². The van der Waals surface area contributed by atoms with Crippen molar-refractivity contribution in [1.29, 1.82) is 0 Å². The summed E-state index contributed by atoms with van der Waals surface area (Å²) < 4.78 is 6.05. The number of nitrogens with zero attached hydrogens (tertiary/aromatic N) is 4. The molecule has 0 saturated carbocycles. The first-order valence-electron chi connectivity index (χ1n) is 10.5. The number of benzene rings is 1. The van der Waals surface area contributed by atoms with E-state index in [-0.39, 0.29) is 34.5 Å². The Labute approximate surface area is 201 Å². The number of hydrogen-bond donors (Lipinski definition) is 4. The Bertz CT molecular complexity index is 1470. The van der Waals surface area contributed by atoms with Crippen LogP contribution in [0.3, 0.4) is 0 Å². The van der Waals surface area contributed by atoms with Gasteiger partial charge in [-0.1, -0.05) is 0 Å². The average molecular weight is 497 g/mol. The summed E-state index contributed by atoms with van der Waals surface area (Å²) in [6, 6.07) is 3.72. The number of anilines is 3. The van der Waals surface area contributed by atoms with Gasteiger partial charge >= 0.3 is 0 Å². The highest BCUT2D eigenvalue weighted by molar-refractivity contribution is 7.21. The van der Waals surface area contributed by atoms with Gasteiger partial charge in [-0.15, -0.1) is 11.3 Å². The van der Waals surface area contributed by atoms with Crippen molar-refractivity contribution < 1.29 is 14.3 Å². The van der Waals surface area contributed by atoms with E-state index in [1.54, 1.807) is 6.20 Å². The van der Waals surface area contributed by atoms with Gasteiger partial charge in [0.25, 0.3) is 11.8 Å². The lowest BCUT2D eigenvalue weighted by atomic mass is 10.1. The van der Waals surface area contributed by atoms with Crippen molar-refractivity contribution in [2.75, 3.05) is 36.9 Å². The second-order valence-corrected chi connectivity index (χ2v) is 9.17. The number of aromatic nitrogens is 4. The minimum absolute atomic E-state index is 0.00759. The van der Waals surface area contributed by atoms with E-state index in [0.29, 0.717) is 48.0 Å². The van der Waals surface area contributed by atoms with E-state index in [1.807, 2.05) is 12.1 Å². The largest absolute Gasteiger partial charge is 0.381 e. The van der Waals surface area contributed by atoms with Crippen LogP contribution < -0.4 is 21.3 Å². The molecule has 1 fully saturated rings. The van der Waals surface area contributed by atoms with Crippen molar-refractivity contribution in [3.63, 3.8) is 0 Å². The van der Waals surface area contributed by atoms with Crippen molar-refractivity contribution in [2.24, 2.45) is 0 Å². The number of amides is 2. The third kappa shape index (κ3) is 3.65. The summed E-state index contributed by atoms with van der Waals surface area (Å²) in [5, 5.41) is 13.0. The van der Waals surface area contributed by atoms with E-state index >= 15 is 0 Å². The molecule has 0 aliphatic carbocycles. The Hall–Kier alpha value is -3.61. The number of carbonyl (C=O) groups is 2. The summed E-state index contributed by atoms with van der Waals surface area (Å²) in [5.74, 6) is 0.165. The van der Waals surface area contributed by atoms with E-state index < -0.39 is 0 Å². The Morgan fingerprint density at radius 3 is 2.82 bits per heavy atom. The van der Waals surface area contributed by atoms with Crippen LogP contribution in [0.4, 0.5) is 17.3 Å². The number of nitrogens with one attached hydrogen (secondary N) is 4. The molecule has 2 aliphatic heterocycles. The van der Waals surface area contributed by atoms with Crippen molar-refractivity contribution in [1.82, 2.24) is 30.6 Å². The Kier molecular flexibility index (Phi) is 5.12. The van der Waals surface area contributed by atoms with Gasteiger partial charge in [-0.2, -0.15) is 4.98 Å². The van der Waals surface area contributed by atoms with Crippen LogP contribution in [0, 0.1) is 0 Å². The van der Waals surface area contributed by atoms with Crippen LogP contribution in [0.5, 0.6) is 0 Å². The van der Waals surface area contributed by atoms with E-state index in [0.717, 1.165) is 15.8 Å². The van der Waals surface area contributed by atoms with Gasteiger partial charge in [-0.05, 0) is 23.7 Å². The lowest BCUT2D eigenvalue weighted by Gasteiger charge is -2.26. The number of halogens is 1. The molecule has 1 saturated heterocycles. The maximum Gasteiger partial charge on any atom is 0.263 e. The maximum atomic E-state index is 12.7. The fourth-order valence-corrected chi connectivity index (χ4v) is 5.06. The quantitative estimate of drug-likeness (QED) is 0.313. The summed E-state index contributed by atoms with van der Waals surface area (Å²) in [6.07, 6.45) is 2.92. The van der Waals surface area contributed by atoms with Crippen LogP contribution in [0.15, 0.2) is 24.5 Å². The molecule has 0 spiro atoms. The third-order valence-electron chi connectivity index (χ3n) is 5.51. The SMILES string of the molecule is O=C(NC1COC1)c1cnc(Cl)nc1Nc1cnc2c(ccc3sc4c(c32)NCCNC4=O)n1. The minimum atomic E-state index is -0.340. The first-order valence-corrected chi connectivity index (χ1v) is 11.7. The smallest absolute Gasteiger partial charge is 0.263 e. The number of rotatable bonds is 4. The first kappa shape index (κ1) is 21.0. The van der Waals surface area contributed by atoms with Crippen LogP contribution in [0.25, 0.3) is 21.1 Å². The van der Waals surface area contributed by atoms with Gasteiger partial charge in [0.2, 0.25) is 5.28 Å². The van der Waals surface area contributed by atoms with Gasteiger partial charge in [-0.25, -0.2) is 15.0 Å². The zero-order valence-electron chi connectivity index (χ0n) is 17.5. The van der Waals surface area contributed by atoms with Crippen molar-refractivity contribution in [2.45, 2.75) is 6.04 Å². The zero-order valence-corrected chi connectivity index (χ0v) is 19.1. The monoisotopic (exact) mass is 496 g/mol. The highest BCUT2D eigenvalue weighted by atomic mass is 35.5. The Balaban J connectivity index is 1.37. The van der Waals surface area contributed by atoms with E-state index in [1.165, 1.54) is 17.5 Å². The molecule has 0 unspecified atom stereocenters. The Morgan fingerprint density at radius 1 is 1.15 bits per heavy atom. The maximum absolute atomic E-state index is 12.7. The molecule has 5 heterocycles. The second-order valence-electron chi connectivity index (χ2n) is 7.78. The molecule has 4 aromatic rings. The predicted molar refractivity (Wildman–Crippen MR) is 128 cm³/mol. The average Bonchev–Trinajstić information content (AvgIpc) is 3.08. The van der Waals surface area contributed by atoms with Crippen molar-refractivity contribution >= 4 is 73.2 Å².